The van der Waals surface area contributed by atoms with Crippen LogP contribution in [-0.2, 0) is 66.7 Å². The summed E-state index contributed by atoms with van der Waals surface area (Å²) in [6.07, 6.45) is -22.5. The molecule has 8 rings (SSSR count). The van der Waals surface area contributed by atoms with Crippen LogP contribution in [-0.4, -0.2) is 170 Å². The molecule has 2 bridgehead atoms. The molecule has 0 aromatic heterocycles. The number of carbonyl (C=O) groups excluding carboxylic acids is 8. The summed E-state index contributed by atoms with van der Waals surface area (Å²) >= 11 is 0. The van der Waals surface area contributed by atoms with Gasteiger partial charge in [0.05, 0.1) is 49.0 Å². The highest BCUT2D eigenvalue weighted by Gasteiger charge is 2.79. The van der Waals surface area contributed by atoms with Crippen LogP contribution >= 0.6 is 0 Å². The van der Waals surface area contributed by atoms with E-state index >= 15 is 4.79 Å². The highest BCUT2D eigenvalue weighted by Crippen LogP contribution is 2.65. The first kappa shape index (κ1) is 59.2. The number of aliphatic hydroxyl groups is 6. The quantitative estimate of drug-likeness (QED) is 0.0606. The molecule has 0 radical (unpaired) electrons. The van der Waals surface area contributed by atoms with Gasteiger partial charge in [0.2, 0.25) is 0 Å². The van der Waals surface area contributed by atoms with Crippen molar-refractivity contribution in [2.24, 2.45) is 16.7 Å². The molecule has 1 amide bonds. The predicted octanol–water partition coefficient (Wildman–Crippen LogP) is 1.41. The van der Waals surface area contributed by atoms with Crippen molar-refractivity contribution < 1.29 is 107 Å². The number of amides is 1. The third kappa shape index (κ3) is 10.9. The summed E-state index contributed by atoms with van der Waals surface area (Å²) in [4.78, 5) is 113. The molecule has 2 saturated carbocycles. The molecule has 7 N–H and O–H groups in total. The van der Waals surface area contributed by atoms with Crippen LogP contribution in [0, 0.1) is 16.7 Å². The van der Waals surface area contributed by atoms with Crippen molar-refractivity contribution in [2.75, 3.05) is 13.2 Å². The Hall–Kier alpha value is -6.96. The highest BCUT2D eigenvalue weighted by molar-refractivity contribution is 5.96. The Kier molecular flexibility index (Phi) is 17.2. The predicted molar refractivity (Wildman–Crippen MR) is 271 cm³/mol. The van der Waals surface area contributed by atoms with Crippen molar-refractivity contribution >= 4 is 47.5 Å². The SMILES string of the molecule is CC(=O)O[C@H]1C(=O)[C@@]2(C)C([C@H](OC(=O)c3ccccc3)[C@]3(O)C[C@H](OC(=O)[C@H](O)[C@@H](NC(=O)c4ccccc4)c4ccccc4)C(C)=C1C3(C)C)[C@]1(OC(C)=O)CO[C@@H]1C[C@@H]2OC(=O)CCC(=O)O[C@H]1[C@H](O)[C@@H](CO)OC(O)[C@@H]1O. The molecule has 3 aromatic rings. The minimum atomic E-state index is -2.60. The molecular weight excluding hydrogens is 1050 g/mol. The van der Waals surface area contributed by atoms with Crippen LogP contribution in [0.15, 0.2) is 102 Å². The van der Waals surface area contributed by atoms with Crippen LogP contribution in [0.3, 0.4) is 0 Å². The summed E-state index contributed by atoms with van der Waals surface area (Å²) in [5.74, 6) is -10.1. The van der Waals surface area contributed by atoms with Gasteiger partial charge in [-0.15, -0.1) is 0 Å². The Morgan fingerprint density at radius 1 is 0.762 bits per heavy atom. The molecule has 80 heavy (non-hydrogen) atoms. The molecule has 3 aromatic carbocycles. The Balaban J connectivity index is 1.23. The van der Waals surface area contributed by atoms with Crippen LogP contribution in [0.25, 0.3) is 0 Å². The van der Waals surface area contributed by atoms with Crippen LogP contribution in [0.1, 0.15) is 99.5 Å². The number of ether oxygens (including phenoxy) is 8. The van der Waals surface area contributed by atoms with Gasteiger partial charge in [-0.2, -0.15) is 0 Å². The molecule has 16 atom stereocenters. The van der Waals surface area contributed by atoms with Gasteiger partial charge in [0.15, 0.2) is 36.0 Å². The van der Waals surface area contributed by atoms with Crippen molar-refractivity contribution in [3.63, 3.8) is 0 Å². The van der Waals surface area contributed by atoms with Crippen LogP contribution < -0.4 is 5.32 Å². The molecule has 23 nitrogen and oxygen atoms in total. The molecule has 4 fully saturated rings. The van der Waals surface area contributed by atoms with E-state index in [4.69, 9.17) is 37.9 Å². The summed E-state index contributed by atoms with van der Waals surface area (Å²) < 4.78 is 47.2. The van der Waals surface area contributed by atoms with Gasteiger partial charge in [-0.3, -0.25) is 28.8 Å². The minimum Gasteiger partial charge on any atom is -0.461 e. The Morgan fingerprint density at radius 2 is 1.35 bits per heavy atom. The second-order valence-electron chi connectivity index (χ2n) is 21.5. The molecule has 0 spiro atoms. The van der Waals surface area contributed by atoms with Gasteiger partial charge < -0.3 is 73.9 Å². The van der Waals surface area contributed by atoms with E-state index in [0.29, 0.717) is 5.56 Å². The third-order valence-corrected chi connectivity index (χ3v) is 16.4. The molecule has 23 heteroatoms. The summed E-state index contributed by atoms with van der Waals surface area (Å²) in [6.45, 7) is 6.48. The second-order valence-corrected chi connectivity index (χ2v) is 21.5. The van der Waals surface area contributed by atoms with Crippen molar-refractivity contribution in [2.45, 2.75) is 152 Å². The summed E-state index contributed by atoms with van der Waals surface area (Å²) in [5, 5.41) is 69.5. The van der Waals surface area contributed by atoms with Crippen molar-refractivity contribution in [1.82, 2.24) is 5.32 Å². The third-order valence-electron chi connectivity index (χ3n) is 16.4. The highest BCUT2D eigenvalue weighted by atomic mass is 16.7. The average molecular weight is 1120 g/mol. The molecule has 2 unspecified atom stereocenters. The average Bonchev–Trinajstić information content (AvgIpc) is 3.62. The van der Waals surface area contributed by atoms with Crippen LogP contribution in [0.4, 0.5) is 0 Å². The lowest BCUT2D eigenvalue weighted by atomic mass is 9.44. The molecule has 430 valence electrons. The number of nitrogens with one attached hydrogen (secondary N) is 1. The van der Waals surface area contributed by atoms with Crippen molar-refractivity contribution in [1.29, 1.82) is 0 Å². The number of Topliss-reactive ketones (excluding diaryl/α,β-unsaturated/α-hetero) is 1. The first-order valence-electron chi connectivity index (χ1n) is 26.0. The number of hydrogen-bond acceptors (Lipinski definition) is 22. The monoisotopic (exact) mass is 1120 g/mol. The molecule has 2 heterocycles. The Morgan fingerprint density at radius 3 is 1.91 bits per heavy atom. The lowest BCUT2D eigenvalue weighted by Crippen LogP contribution is -2.82. The van der Waals surface area contributed by atoms with E-state index in [1.54, 1.807) is 54.6 Å². The van der Waals surface area contributed by atoms with E-state index < -0.39 is 188 Å². The molecule has 2 aliphatic heterocycles. The minimum absolute atomic E-state index is 0.0413. The molecular formula is C57H65NO22. The molecule has 2 saturated heterocycles. The van der Waals surface area contributed by atoms with Gasteiger partial charge in [0.1, 0.15) is 48.3 Å². The zero-order valence-electron chi connectivity index (χ0n) is 44.6. The maximum Gasteiger partial charge on any atom is 0.338 e. The number of aliphatic hydroxyl groups excluding tert-OH is 5. The van der Waals surface area contributed by atoms with Gasteiger partial charge in [-0.25, -0.2) is 9.59 Å². The standard InChI is InChI=1S/C57H65NO22/c1-28-34(75-52(70)43(65)41(31-16-10-7-11-17-31)58-50(68)32-18-12-8-13-19-32)25-57(72)49(79-51(69)33-20-14-9-15-21-33)47-55(6,48(67)45(74-29(2)60)40(28)54(57,4)5)36(24-37-56(47,27-73-37)80-30(3)61)77-38(62)22-23-39(63)78-46-42(64)35(26-59)76-53(71)44(46)66/h7-21,34-37,41-47,49,53,59,64-66,71-72H,22-27H2,1-6H3,(H,58,68)/t34-,35+,36-,37+,41-,42+,43+,44+,45+,46-,47?,49-,53?,55+,56-,57+/m0/s1. The number of esters is 6. The fraction of sp³-hybridized carbons (Fsp3) is 0.509. The summed E-state index contributed by atoms with van der Waals surface area (Å²) in [7, 11) is 0. The zero-order valence-corrected chi connectivity index (χ0v) is 44.6. The van der Waals surface area contributed by atoms with Crippen LogP contribution in [0.5, 0.6) is 0 Å². The smallest absolute Gasteiger partial charge is 0.338 e. The van der Waals surface area contributed by atoms with Gasteiger partial charge in [-0.05, 0) is 54.8 Å². The van der Waals surface area contributed by atoms with Gasteiger partial charge in [-0.1, -0.05) is 80.6 Å². The maximum atomic E-state index is 16.3. The Bertz CT molecular complexity index is 2880. The van der Waals surface area contributed by atoms with E-state index in [1.165, 1.54) is 64.1 Å². The molecule has 3 aliphatic carbocycles. The molecule has 5 aliphatic rings. The topological polar surface area (TPSA) is 344 Å². The Labute approximate surface area is 459 Å². The summed E-state index contributed by atoms with van der Waals surface area (Å²) in [6, 6.07) is 22.1. The summed E-state index contributed by atoms with van der Waals surface area (Å²) in [5.41, 5.74) is -8.45. The van der Waals surface area contributed by atoms with Gasteiger partial charge in [0.25, 0.3) is 5.91 Å². The number of fused-ring (bicyclic) bond motifs is 5. The fourth-order valence-electron chi connectivity index (χ4n) is 12.2. The lowest BCUT2D eigenvalue weighted by molar-refractivity contribution is -0.346. The van der Waals surface area contributed by atoms with Gasteiger partial charge >= 0.3 is 35.8 Å². The van der Waals surface area contributed by atoms with Gasteiger partial charge in [0, 0.05) is 37.7 Å². The van der Waals surface area contributed by atoms with Crippen LogP contribution in [0.2, 0.25) is 0 Å². The van der Waals surface area contributed by atoms with E-state index in [2.05, 4.69) is 5.32 Å². The number of hydrogen-bond donors (Lipinski definition) is 7. The first-order chi connectivity index (χ1) is 37.8. The lowest BCUT2D eigenvalue weighted by Gasteiger charge is -2.67. The maximum absolute atomic E-state index is 16.3. The van der Waals surface area contributed by atoms with E-state index in [9.17, 15) is 64.2 Å². The second kappa shape index (κ2) is 23.3. The van der Waals surface area contributed by atoms with Crippen molar-refractivity contribution in [3.8, 4) is 0 Å². The van der Waals surface area contributed by atoms with E-state index in [-0.39, 0.29) is 22.3 Å². The van der Waals surface area contributed by atoms with Crippen molar-refractivity contribution in [3.05, 3.63) is 119 Å². The fourth-order valence-corrected chi connectivity index (χ4v) is 12.2. The largest absolute Gasteiger partial charge is 0.461 e. The number of carbonyl (C=O) groups is 8. The van der Waals surface area contributed by atoms with E-state index in [0.717, 1.165) is 13.8 Å². The number of benzene rings is 3. The number of rotatable bonds is 16. The first-order valence-corrected chi connectivity index (χ1v) is 26.0. The number of ketones is 1. The van der Waals surface area contributed by atoms with E-state index in [1.807, 2.05) is 0 Å². The zero-order chi connectivity index (χ0) is 58.2. The normalized spacial score (nSPS) is 33.0.